The fourth-order valence-electron chi connectivity index (χ4n) is 4.48. The minimum atomic E-state index is 0.147. The second-order valence-electron chi connectivity index (χ2n) is 9.30. The number of aromatic nitrogens is 4. The van der Waals surface area contributed by atoms with Crippen molar-refractivity contribution in [1.29, 1.82) is 0 Å². The van der Waals surface area contributed by atoms with Gasteiger partial charge in [-0.1, -0.05) is 44.2 Å². The molecule has 1 aliphatic rings. The highest BCUT2D eigenvalue weighted by molar-refractivity contribution is 5.96. The number of hydrogen-bond acceptors (Lipinski definition) is 3. The highest BCUT2D eigenvalue weighted by Crippen LogP contribution is 2.28. The van der Waals surface area contributed by atoms with Gasteiger partial charge in [0.1, 0.15) is 5.69 Å². The van der Waals surface area contributed by atoms with Gasteiger partial charge < -0.3 is 0 Å². The van der Waals surface area contributed by atoms with Gasteiger partial charge in [-0.25, -0.2) is 0 Å². The number of pyridine rings is 2. The molecule has 0 radical (unpaired) electrons. The fraction of sp³-hybridized carbons (Fsp3) is 0.233. The Balaban J connectivity index is 1.54. The molecule has 1 aromatic carbocycles. The summed E-state index contributed by atoms with van der Waals surface area (Å²) in [5, 5.41) is 8.81. The molecule has 0 fully saturated rings. The van der Waals surface area contributed by atoms with Gasteiger partial charge in [0.25, 0.3) is 0 Å². The van der Waals surface area contributed by atoms with E-state index in [2.05, 4.69) is 63.5 Å². The van der Waals surface area contributed by atoms with E-state index in [1.165, 1.54) is 5.22 Å². The number of carbonyl (C=O) groups is 1. The Kier molecular flexibility index (Phi) is 6.32. The molecule has 5 heteroatoms. The summed E-state index contributed by atoms with van der Waals surface area (Å²) in [5.74, 6) is 0.533. The number of Topliss-reactive ketones (excluding diaryl/α,β-unsaturated/α-hetero) is 1. The van der Waals surface area contributed by atoms with Crippen LogP contribution in [0.3, 0.4) is 0 Å². The van der Waals surface area contributed by atoms with Gasteiger partial charge in [-0.2, -0.15) is 0 Å². The lowest BCUT2D eigenvalue weighted by atomic mass is 9.95. The zero-order valence-corrected chi connectivity index (χ0v) is 20.4. The van der Waals surface area contributed by atoms with E-state index in [0.717, 1.165) is 57.7 Å². The predicted octanol–water partition coefficient (Wildman–Crippen LogP) is 5.44. The summed E-state index contributed by atoms with van der Waals surface area (Å²) in [6, 6.07) is 16.5. The molecular weight excluding hydrogens is 432 g/mol. The van der Waals surface area contributed by atoms with Crippen molar-refractivity contribution in [1.82, 2.24) is 20.2 Å². The third-order valence-corrected chi connectivity index (χ3v) is 6.43. The molecule has 35 heavy (non-hydrogen) atoms. The largest absolute Gasteiger partial charge is 0.298 e. The first-order valence-electron chi connectivity index (χ1n) is 12.3. The van der Waals surface area contributed by atoms with Gasteiger partial charge in [-0.3, -0.25) is 25.0 Å². The third-order valence-electron chi connectivity index (χ3n) is 6.43. The van der Waals surface area contributed by atoms with E-state index in [-0.39, 0.29) is 5.78 Å². The van der Waals surface area contributed by atoms with Crippen LogP contribution in [-0.2, 0) is 0 Å². The van der Waals surface area contributed by atoms with Crippen molar-refractivity contribution in [2.75, 3.05) is 0 Å². The van der Waals surface area contributed by atoms with Gasteiger partial charge in [-0.05, 0) is 78.1 Å². The second-order valence-corrected chi connectivity index (χ2v) is 9.30. The Labute approximate surface area is 205 Å². The number of H-pyrrole nitrogens is 2. The molecule has 176 valence electrons. The molecule has 0 amide bonds. The molecule has 3 heterocycles. The van der Waals surface area contributed by atoms with Crippen molar-refractivity contribution in [3.8, 4) is 22.6 Å². The van der Waals surface area contributed by atoms with Crippen molar-refractivity contribution >= 4 is 23.5 Å². The van der Waals surface area contributed by atoms with Gasteiger partial charge in [0.05, 0.1) is 17.1 Å². The molecule has 0 saturated heterocycles. The standard InChI is InChI=1S/C30H30N4O/c1-4-6-28(35)23-13-14-26(31-18-23)25-15-19(2)9-10-21-11-12-22(16-24(21)17-25)29-30(34-33-29)27-8-5-7-20(3)32-27/h5,7-8,10-19,33-34H,4,6,9H2,1-3H3/b21-10+,24-17-,25-15+. The molecule has 3 aromatic heterocycles. The van der Waals surface area contributed by atoms with Crippen molar-refractivity contribution in [3.05, 3.63) is 88.2 Å². The van der Waals surface area contributed by atoms with E-state index < -0.39 is 0 Å². The monoisotopic (exact) mass is 462 g/mol. The fourth-order valence-corrected chi connectivity index (χ4v) is 4.48. The minimum absolute atomic E-state index is 0.147. The molecule has 4 aromatic rings. The molecule has 2 N–H and O–H groups in total. The van der Waals surface area contributed by atoms with E-state index >= 15 is 0 Å². The number of allylic oxidation sites excluding steroid dienone is 2. The van der Waals surface area contributed by atoms with E-state index in [1.54, 1.807) is 6.20 Å². The van der Waals surface area contributed by atoms with Crippen LogP contribution in [0, 0.1) is 12.8 Å². The van der Waals surface area contributed by atoms with Gasteiger partial charge in [0.2, 0.25) is 0 Å². The van der Waals surface area contributed by atoms with Crippen molar-refractivity contribution in [2.45, 2.75) is 40.0 Å². The van der Waals surface area contributed by atoms with Gasteiger partial charge in [-0.15, -0.1) is 0 Å². The summed E-state index contributed by atoms with van der Waals surface area (Å²) in [5.41, 5.74) is 7.70. The number of fused-ring (bicyclic) bond motifs is 1. The Morgan fingerprint density at radius 3 is 2.60 bits per heavy atom. The van der Waals surface area contributed by atoms with E-state index in [9.17, 15) is 4.79 Å². The topological polar surface area (TPSA) is 74.4 Å². The minimum Gasteiger partial charge on any atom is -0.298 e. The normalized spacial score (nSPS) is 18.7. The molecule has 5 rings (SSSR count). The van der Waals surface area contributed by atoms with Crippen molar-refractivity contribution in [3.63, 3.8) is 0 Å². The number of benzene rings is 1. The quantitative estimate of drug-likeness (QED) is 0.375. The van der Waals surface area contributed by atoms with Crippen molar-refractivity contribution < 1.29 is 4.79 Å². The summed E-state index contributed by atoms with van der Waals surface area (Å²) in [7, 11) is 0. The molecule has 0 aliphatic heterocycles. The van der Waals surface area contributed by atoms with Crippen LogP contribution >= 0.6 is 0 Å². The summed E-state index contributed by atoms with van der Waals surface area (Å²) in [6.45, 7) is 6.24. The molecular formula is C30H30N4O. The Hall–Kier alpha value is -3.99. The lowest BCUT2D eigenvalue weighted by molar-refractivity contribution is 0.0981. The van der Waals surface area contributed by atoms with E-state index in [1.807, 2.05) is 44.2 Å². The number of carbonyl (C=O) groups excluding carboxylic acids is 1. The number of aryl methyl sites for hydroxylation is 1. The summed E-state index contributed by atoms with van der Waals surface area (Å²) >= 11 is 0. The van der Waals surface area contributed by atoms with Crippen LogP contribution in [0.4, 0.5) is 0 Å². The van der Waals surface area contributed by atoms with Crippen LogP contribution in [0.1, 0.15) is 54.9 Å². The lowest BCUT2D eigenvalue weighted by Gasteiger charge is -2.15. The Morgan fingerprint density at radius 2 is 1.89 bits per heavy atom. The van der Waals surface area contributed by atoms with Gasteiger partial charge in [0.15, 0.2) is 5.78 Å². The summed E-state index contributed by atoms with van der Waals surface area (Å²) in [6.07, 6.45) is 10.8. The molecule has 0 spiro atoms. The lowest BCUT2D eigenvalue weighted by Crippen LogP contribution is -2.26. The van der Waals surface area contributed by atoms with Crippen LogP contribution < -0.4 is 10.4 Å². The summed E-state index contributed by atoms with van der Waals surface area (Å²) < 4.78 is 0. The summed E-state index contributed by atoms with van der Waals surface area (Å²) in [4.78, 5) is 21.6. The van der Waals surface area contributed by atoms with E-state index in [0.29, 0.717) is 17.9 Å². The Morgan fingerprint density at radius 1 is 1.03 bits per heavy atom. The highest BCUT2D eigenvalue weighted by Gasteiger charge is 2.14. The molecule has 1 atom stereocenters. The number of rotatable bonds is 6. The predicted molar refractivity (Wildman–Crippen MR) is 142 cm³/mol. The average Bonchev–Trinajstić information content (AvgIpc) is 2.81. The van der Waals surface area contributed by atoms with E-state index in [4.69, 9.17) is 0 Å². The molecule has 0 bridgehead atoms. The maximum Gasteiger partial charge on any atom is 0.164 e. The highest BCUT2D eigenvalue weighted by atomic mass is 16.1. The molecule has 1 aliphatic carbocycles. The zero-order valence-electron chi connectivity index (χ0n) is 20.4. The van der Waals surface area contributed by atoms with Crippen LogP contribution in [0.2, 0.25) is 0 Å². The van der Waals surface area contributed by atoms with Crippen molar-refractivity contribution in [2.24, 2.45) is 5.92 Å². The maximum absolute atomic E-state index is 12.2. The first-order chi connectivity index (χ1) is 17.0. The number of aromatic amines is 2. The maximum atomic E-state index is 12.2. The smallest absolute Gasteiger partial charge is 0.164 e. The van der Waals surface area contributed by atoms with Crippen LogP contribution in [0.5, 0.6) is 0 Å². The molecule has 5 nitrogen and oxygen atoms in total. The zero-order chi connectivity index (χ0) is 24.4. The van der Waals surface area contributed by atoms with Gasteiger partial charge in [0, 0.05) is 29.4 Å². The number of hydrogen-bond donors (Lipinski definition) is 2. The molecule has 0 saturated carbocycles. The number of nitrogens with zero attached hydrogens (tertiary/aromatic N) is 2. The van der Waals surface area contributed by atoms with Crippen LogP contribution in [0.25, 0.3) is 40.4 Å². The SMILES string of the molecule is CCCC(=O)c1ccc(C2=C\C(C)C\C=c3/ccc(-c4[nH][nH]c4-c4cccc(C)n4)c/c3=C/2)nc1. The average molecular weight is 463 g/mol. The number of nitrogens with one attached hydrogen (secondary N) is 2. The van der Waals surface area contributed by atoms with Crippen LogP contribution in [-0.4, -0.2) is 25.9 Å². The molecule has 1 unspecified atom stereocenters. The number of ketones is 1. The third kappa shape index (κ3) is 4.80. The van der Waals surface area contributed by atoms with Crippen LogP contribution in [0.15, 0.2) is 60.8 Å². The Bertz CT molecular complexity index is 1520. The van der Waals surface area contributed by atoms with Gasteiger partial charge >= 0.3 is 0 Å². The second kappa shape index (κ2) is 9.71. The first-order valence-corrected chi connectivity index (χ1v) is 12.3. The first kappa shape index (κ1) is 22.8.